The zero-order chi connectivity index (χ0) is 8.32. The van der Waals surface area contributed by atoms with Gasteiger partial charge < -0.3 is 5.32 Å². The predicted molar refractivity (Wildman–Crippen MR) is 52.3 cm³/mol. The molecule has 2 nitrogen and oxygen atoms in total. The van der Waals surface area contributed by atoms with Gasteiger partial charge in [0.1, 0.15) is 5.54 Å². The number of hydrogen-bond donors (Lipinski definition) is 1. The van der Waals surface area contributed by atoms with Crippen LogP contribution in [0.25, 0.3) is 0 Å². The van der Waals surface area contributed by atoms with E-state index in [0.717, 1.165) is 18.8 Å². The van der Waals surface area contributed by atoms with Crippen molar-refractivity contribution in [1.82, 2.24) is 5.32 Å². The molecule has 1 saturated carbocycles. The zero-order valence-electron chi connectivity index (χ0n) is 7.76. The van der Waals surface area contributed by atoms with E-state index in [1.807, 2.05) is 7.05 Å². The second-order valence-corrected chi connectivity index (χ2v) is 3.63. The van der Waals surface area contributed by atoms with Gasteiger partial charge in [-0.25, -0.2) is 0 Å². The topological polar surface area (TPSA) is 35.8 Å². The highest BCUT2D eigenvalue weighted by Gasteiger charge is 2.32. The van der Waals surface area contributed by atoms with Crippen LogP contribution in [0, 0.1) is 17.2 Å². The Morgan fingerprint density at radius 3 is 2.25 bits per heavy atom. The van der Waals surface area contributed by atoms with Crippen LogP contribution in [0.3, 0.4) is 0 Å². The molecule has 0 amide bonds. The highest BCUT2D eigenvalue weighted by atomic mass is 35.5. The quantitative estimate of drug-likeness (QED) is 0.684. The standard InChI is InChI=1S/C9H16N2.ClH/c1-8-3-5-9(7-10,11-2)6-4-8;/h8,11H,3-6H2,1-2H3;1H. The van der Waals surface area contributed by atoms with Crippen LogP contribution in [0.2, 0.25) is 0 Å². The molecule has 0 spiro atoms. The van der Waals surface area contributed by atoms with Gasteiger partial charge in [0.05, 0.1) is 6.07 Å². The Bertz CT molecular complexity index is 166. The summed E-state index contributed by atoms with van der Waals surface area (Å²) in [6.07, 6.45) is 4.41. The number of rotatable bonds is 1. The average molecular weight is 189 g/mol. The molecule has 12 heavy (non-hydrogen) atoms. The number of nitrogens with zero attached hydrogens (tertiary/aromatic N) is 1. The zero-order valence-corrected chi connectivity index (χ0v) is 8.58. The van der Waals surface area contributed by atoms with Gasteiger partial charge in [0, 0.05) is 0 Å². The average Bonchev–Trinajstić information content (AvgIpc) is 2.07. The molecule has 0 unspecified atom stereocenters. The van der Waals surface area contributed by atoms with Crippen LogP contribution < -0.4 is 5.32 Å². The molecule has 0 aliphatic heterocycles. The summed E-state index contributed by atoms with van der Waals surface area (Å²) in [5.74, 6) is 0.810. The van der Waals surface area contributed by atoms with E-state index in [4.69, 9.17) is 5.26 Å². The lowest BCUT2D eigenvalue weighted by molar-refractivity contribution is 0.262. The minimum atomic E-state index is -0.202. The van der Waals surface area contributed by atoms with Gasteiger partial charge in [-0.2, -0.15) is 5.26 Å². The van der Waals surface area contributed by atoms with Crippen LogP contribution >= 0.6 is 12.4 Å². The maximum absolute atomic E-state index is 8.92. The molecule has 0 atom stereocenters. The third-order valence-electron chi connectivity index (χ3n) is 2.82. The lowest BCUT2D eigenvalue weighted by Gasteiger charge is -2.33. The van der Waals surface area contributed by atoms with E-state index in [0.29, 0.717) is 0 Å². The molecule has 0 bridgehead atoms. The molecule has 0 aromatic heterocycles. The van der Waals surface area contributed by atoms with Crippen LogP contribution in [-0.2, 0) is 0 Å². The van der Waals surface area contributed by atoms with Crippen LogP contribution in [-0.4, -0.2) is 12.6 Å². The normalized spacial score (nSPS) is 34.9. The largest absolute Gasteiger partial charge is 0.302 e. The van der Waals surface area contributed by atoms with Gasteiger partial charge in [-0.1, -0.05) is 6.92 Å². The number of nitriles is 1. The summed E-state index contributed by atoms with van der Waals surface area (Å²) >= 11 is 0. The van der Waals surface area contributed by atoms with Crippen molar-refractivity contribution in [2.24, 2.45) is 5.92 Å². The summed E-state index contributed by atoms with van der Waals surface area (Å²) in [4.78, 5) is 0. The molecule has 0 aromatic rings. The van der Waals surface area contributed by atoms with Gasteiger partial charge in [0.25, 0.3) is 0 Å². The molecule has 0 radical (unpaired) electrons. The maximum Gasteiger partial charge on any atom is 0.106 e. The van der Waals surface area contributed by atoms with Gasteiger partial charge >= 0.3 is 0 Å². The van der Waals surface area contributed by atoms with Crippen molar-refractivity contribution in [1.29, 1.82) is 5.26 Å². The Morgan fingerprint density at radius 2 is 1.92 bits per heavy atom. The summed E-state index contributed by atoms with van der Waals surface area (Å²) in [6.45, 7) is 2.26. The maximum atomic E-state index is 8.92. The Hall–Kier alpha value is -0.260. The second-order valence-electron chi connectivity index (χ2n) is 3.63. The van der Waals surface area contributed by atoms with E-state index in [-0.39, 0.29) is 17.9 Å². The van der Waals surface area contributed by atoms with Crippen molar-refractivity contribution in [3.8, 4) is 6.07 Å². The number of hydrogen-bond acceptors (Lipinski definition) is 2. The van der Waals surface area contributed by atoms with Gasteiger partial charge in [-0.15, -0.1) is 12.4 Å². The van der Waals surface area contributed by atoms with Gasteiger partial charge in [0.2, 0.25) is 0 Å². The van der Waals surface area contributed by atoms with Crippen LogP contribution in [0.4, 0.5) is 0 Å². The Kier molecular flexibility index (Phi) is 4.59. The van der Waals surface area contributed by atoms with E-state index >= 15 is 0 Å². The molecule has 3 heteroatoms. The molecule has 0 saturated heterocycles. The van der Waals surface area contributed by atoms with Crippen molar-refractivity contribution in [2.45, 2.75) is 38.1 Å². The minimum absolute atomic E-state index is 0. The molecule has 1 aliphatic rings. The first kappa shape index (κ1) is 11.7. The first-order valence-electron chi connectivity index (χ1n) is 4.32. The van der Waals surface area contributed by atoms with Gasteiger partial charge in [-0.3, -0.25) is 0 Å². The molecule has 1 aliphatic carbocycles. The van der Waals surface area contributed by atoms with Crippen LogP contribution in [0.1, 0.15) is 32.6 Å². The molecule has 70 valence electrons. The molecule has 1 fully saturated rings. The van der Waals surface area contributed by atoms with Crippen molar-refractivity contribution >= 4 is 12.4 Å². The van der Waals surface area contributed by atoms with Crippen molar-refractivity contribution in [2.75, 3.05) is 7.05 Å². The van der Waals surface area contributed by atoms with E-state index in [1.165, 1.54) is 12.8 Å². The predicted octanol–water partition coefficient (Wildman–Crippen LogP) is 2.10. The number of nitrogens with one attached hydrogen (secondary N) is 1. The fourth-order valence-corrected chi connectivity index (χ4v) is 1.67. The first-order chi connectivity index (χ1) is 5.22. The lowest BCUT2D eigenvalue weighted by Crippen LogP contribution is -2.44. The highest BCUT2D eigenvalue weighted by Crippen LogP contribution is 2.30. The monoisotopic (exact) mass is 188 g/mol. The lowest BCUT2D eigenvalue weighted by atomic mass is 9.78. The van der Waals surface area contributed by atoms with E-state index in [1.54, 1.807) is 0 Å². The molecular formula is C9H17ClN2. The minimum Gasteiger partial charge on any atom is -0.302 e. The summed E-state index contributed by atoms with van der Waals surface area (Å²) in [5, 5.41) is 12.0. The third kappa shape index (κ3) is 2.36. The van der Waals surface area contributed by atoms with E-state index in [9.17, 15) is 0 Å². The van der Waals surface area contributed by atoms with Gasteiger partial charge in [-0.05, 0) is 38.6 Å². The molecule has 1 N–H and O–H groups in total. The SMILES string of the molecule is CNC1(C#N)CCC(C)CC1.Cl. The van der Waals surface area contributed by atoms with Crippen molar-refractivity contribution < 1.29 is 0 Å². The second kappa shape index (κ2) is 4.69. The smallest absolute Gasteiger partial charge is 0.106 e. The number of halogens is 1. The molecule has 1 rings (SSSR count). The van der Waals surface area contributed by atoms with Crippen molar-refractivity contribution in [3.63, 3.8) is 0 Å². The van der Waals surface area contributed by atoms with Gasteiger partial charge in [0.15, 0.2) is 0 Å². The van der Waals surface area contributed by atoms with Crippen LogP contribution in [0.5, 0.6) is 0 Å². The summed E-state index contributed by atoms with van der Waals surface area (Å²) in [6, 6.07) is 2.38. The summed E-state index contributed by atoms with van der Waals surface area (Å²) < 4.78 is 0. The van der Waals surface area contributed by atoms with Crippen molar-refractivity contribution in [3.05, 3.63) is 0 Å². The van der Waals surface area contributed by atoms with Crippen LogP contribution in [0.15, 0.2) is 0 Å². The third-order valence-corrected chi connectivity index (χ3v) is 2.82. The van der Waals surface area contributed by atoms with E-state index in [2.05, 4.69) is 18.3 Å². The van der Waals surface area contributed by atoms with E-state index < -0.39 is 0 Å². The fraction of sp³-hybridized carbons (Fsp3) is 0.889. The molecule has 0 heterocycles. The Morgan fingerprint density at radius 1 is 1.42 bits per heavy atom. The molecular weight excluding hydrogens is 172 g/mol. The molecule has 0 aromatic carbocycles. The summed E-state index contributed by atoms with van der Waals surface area (Å²) in [5.41, 5.74) is -0.202. The first-order valence-corrected chi connectivity index (χ1v) is 4.32. The fourth-order valence-electron chi connectivity index (χ4n) is 1.67. The Labute approximate surface area is 80.7 Å². The Balaban J connectivity index is 0.00000121. The highest BCUT2D eigenvalue weighted by molar-refractivity contribution is 5.85. The summed E-state index contributed by atoms with van der Waals surface area (Å²) in [7, 11) is 1.89.